The molecule has 1 N–H and O–H groups in total. The summed E-state index contributed by atoms with van der Waals surface area (Å²) < 4.78 is 7.55. The molecule has 1 aromatic heterocycles. The first kappa shape index (κ1) is 17.9. The van der Waals surface area contributed by atoms with Crippen LogP contribution in [0, 0.1) is 0 Å². The van der Waals surface area contributed by atoms with E-state index < -0.39 is 11.2 Å². The van der Waals surface area contributed by atoms with E-state index >= 15 is 0 Å². The van der Waals surface area contributed by atoms with Crippen molar-refractivity contribution in [3.8, 4) is 5.75 Å². The lowest BCUT2D eigenvalue weighted by Gasteiger charge is -2.39. The molecule has 0 saturated heterocycles. The molecule has 2 unspecified atom stereocenters. The van der Waals surface area contributed by atoms with Gasteiger partial charge in [0.15, 0.2) is 11.2 Å². The van der Waals surface area contributed by atoms with Crippen LogP contribution in [0.3, 0.4) is 0 Å². The van der Waals surface area contributed by atoms with E-state index in [-0.39, 0.29) is 5.92 Å². The van der Waals surface area contributed by atoms with Gasteiger partial charge in [0, 0.05) is 22.7 Å². The maximum Gasteiger partial charge on any atom is 0.179 e. The first-order chi connectivity index (χ1) is 13.5. The Morgan fingerprint density at radius 2 is 1.86 bits per heavy atom. The van der Waals surface area contributed by atoms with E-state index in [2.05, 4.69) is 39.6 Å². The van der Waals surface area contributed by atoms with Gasteiger partial charge in [0.2, 0.25) is 0 Å². The van der Waals surface area contributed by atoms with Crippen LogP contribution in [0.15, 0.2) is 83.5 Å². The van der Waals surface area contributed by atoms with Gasteiger partial charge in [-0.3, -0.25) is 4.98 Å². The summed E-state index contributed by atoms with van der Waals surface area (Å²) in [6.07, 6.45) is 2.14. The van der Waals surface area contributed by atoms with Crippen molar-refractivity contribution < 1.29 is 9.84 Å². The van der Waals surface area contributed by atoms with Gasteiger partial charge < -0.3 is 9.84 Å². The Labute approximate surface area is 176 Å². The molecule has 1 aliphatic heterocycles. The van der Waals surface area contributed by atoms with Crippen molar-refractivity contribution in [2.45, 2.75) is 23.5 Å². The minimum atomic E-state index is -1.44. The number of benzene rings is 2. The highest BCUT2D eigenvalue weighted by Crippen LogP contribution is 2.67. The summed E-state index contributed by atoms with van der Waals surface area (Å²) in [6, 6.07) is 19.7. The number of hydrogen-bond acceptors (Lipinski definition) is 3. The van der Waals surface area contributed by atoms with Gasteiger partial charge in [0.05, 0.1) is 5.02 Å². The van der Waals surface area contributed by atoms with E-state index in [9.17, 15) is 5.11 Å². The number of pyridine rings is 1. The number of aromatic nitrogens is 1. The minimum Gasteiger partial charge on any atom is -0.476 e. The molecule has 0 bridgehead atoms. The number of aliphatic hydroxyl groups is 1. The molecule has 3 atom stereocenters. The molecule has 0 amide bonds. The summed E-state index contributed by atoms with van der Waals surface area (Å²) in [5.74, 6) is 0.375. The van der Waals surface area contributed by atoms with Crippen molar-refractivity contribution in [3.63, 3.8) is 0 Å². The van der Waals surface area contributed by atoms with E-state index in [1.807, 2.05) is 42.5 Å². The summed E-state index contributed by atoms with van der Waals surface area (Å²) in [4.78, 5) is 4.46. The lowest BCUT2D eigenvalue weighted by molar-refractivity contribution is -0.0883. The Morgan fingerprint density at radius 1 is 1.14 bits per heavy atom. The van der Waals surface area contributed by atoms with Crippen molar-refractivity contribution in [1.82, 2.24) is 4.98 Å². The van der Waals surface area contributed by atoms with E-state index in [4.69, 9.17) is 16.3 Å². The van der Waals surface area contributed by atoms with Crippen LogP contribution in [0.25, 0.3) is 0 Å². The average molecular weight is 455 g/mol. The maximum absolute atomic E-state index is 12.1. The third-order valence-electron chi connectivity index (χ3n) is 5.90. The second kappa shape index (κ2) is 6.18. The highest BCUT2D eigenvalue weighted by Gasteiger charge is 2.71. The van der Waals surface area contributed by atoms with Gasteiger partial charge in [-0.15, -0.1) is 0 Å². The van der Waals surface area contributed by atoms with E-state index in [1.54, 1.807) is 12.3 Å². The Hall–Kier alpha value is -2.14. The summed E-state index contributed by atoms with van der Waals surface area (Å²) in [6.45, 7) is 4.24. The zero-order valence-electron chi connectivity index (χ0n) is 14.9. The second-order valence-electron chi connectivity index (χ2n) is 7.33. The molecule has 3 aromatic rings. The highest BCUT2D eigenvalue weighted by molar-refractivity contribution is 9.10. The molecule has 5 heteroatoms. The smallest absolute Gasteiger partial charge is 0.179 e. The molecule has 3 nitrogen and oxygen atoms in total. The van der Waals surface area contributed by atoms with Gasteiger partial charge in [-0.1, -0.05) is 76.6 Å². The SMILES string of the molecule is C=C1CC(c2ccccc2)[C@]2(c3ccc(Br)cc3)Oc3cc(Cl)cnc3C12O. The first-order valence-electron chi connectivity index (χ1n) is 9.03. The Balaban J connectivity index is 1.82. The van der Waals surface area contributed by atoms with Crippen molar-refractivity contribution in [1.29, 1.82) is 0 Å². The van der Waals surface area contributed by atoms with E-state index in [1.165, 1.54) is 0 Å². The van der Waals surface area contributed by atoms with Gasteiger partial charge in [0.1, 0.15) is 11.4 Å². The fourth-order valence-electron chi connectivity index (χ4n) is 4.69. The molecular formula is C23H17BrClNO2. The predicted octanol–water partition coefficient (Wildman–Crippen LogP) is 5.72. The largest absolute Gasteiger partial charge is 0.476 e. The maximum atomic E-state index is 12.1. The van der Waals surface area contributed by atoms with Crippen LogP contribution in [0.5, 0.6) is 5.75 Å². The summed E-state index contributed by atoms with van der Waals surface area (Å²) in [5, 5.41) is 12.6. The Bertz CT molecular complexity index is 1090. The highest BCUT2D eigenvalue weighted by atomic mass is 79.9. The number of halogens is 2. The zero-order valence-corrected chi connectivity index (χ0v) is 17.2. The Kier molecular flexibility index (Phi) is 3.96. The van der Waals surface area contributed by atoms with Crippen LogP contribution in [0.2, 0.25) is 5.02 Å². The third-order valence-corrected chi connectivity index (χ3v) is 6.63. The van der Waals surface area contributed by atoms with Crippen molar-refractivity contribution in [3.05, 3.63) is 105 Å². The molecule has 1 fully saturated rings. The topological polar surface area (TPSA) is 42.4 Å². The molecule has 1 aliphatic carbocycles. The van der Waals surface area contributed by atoms with Crippen LogP contribution in [0.4, 0.5) is 0 Å². The van der Waals surface area contributed by atoms with Crippen LogP contribution >= 0.6 is 27.5 Å². The first-order valence-corrected chi connectivity index (χ1v) is 10.2. The number of nitrogens with zero attached hydrogens (tertiary/aromatic N) is 1. The molecule has 2 aromatic carbocycles. The van der Waals surface area contributed by atoms with Crippen LogP contribution in [-0.4, -0.2) is 10.1 Å². The van der Waals surface area contributed by atoms with Gasteiger partial charge >= 0.3 is 0 Å². The molecule has 2 heterocycles. The molecule has 140 valence electrons. The van der Waals surface area contributed by atoms with Crippen molar-refractivity contribution in [2.75, 3.05) is 0 Å². The van der Waals surface area contributed by atoms with E-state index in [0.717, 1.165) is 15.6 Å². The van der Waals surface area contributed by atoms with Crippen LogP contribution in [-0.2, 0) is 11.2 Å². The molecule has 0 spiro atoms. The second-order valence-corrected chi connectivity index (χ2v) is 8.68. The van der Waals surface area contributed by atoms with E-state index in [0.29, 0.717) is 28.5 Å². The third kappa shape index (κ3) is 2.22. The number of fused-ring (bicyclic) bond motifs is 3. The number of ether oxygens (including phenoxy) is 1. The zero-order chi connectivity index (χ0) is 19.5. The summed E-state index contributed by atoms with van der Waals surface area (Å²) >= 11 is 9.67. The molecule has 28 heavy (non-hydrogen) atoms. The fraction of sp³-hybridized carbons (Fsp3) is 0.174. The summed E-state index contributed by atoms with van der Waals surface area (Å²) in [7, 11) is 0. The van der Waals surface area contributed by atoms with Gasteiger partial charge in [-0.05, 0) is 35.3 Å². The summed E-state index contributed by atoms with van der Waals surface area (Å²) in [5.41, 5.74) is 0.621. The molecule has 0 radical (unpaired) electrons. The van der Waals surface area contributed by atoms with Gasteiger partial charge in [-0.2, -0.15) is 0 Å². The lowest BCUT2D eigenvalue weighted by Crippen LogP contribution is -2.48. The number of rotatable bonds is 2. The van der Waals surface area contributed by atoms with Gasteiger partial charge in [0.25, 0.3) is 0 Å². The molecule has 2 aliphatic rings. The predicted molar refractivity (Wildman–Crippen MR) is 113 cm³/mol. The lowest BCUT2D eigenvalue weighted by atomic mass is 9.72. The van der Waals surface area contributed by atoms with Crippen LogP contribution < -0.4 is 4.74 Å². The standard InChI is InChI=1S/C23H17BrClNO2/c1-14-11-19(15-5-3-2-4-6-15)23(16-7-9-17(24)10-8-16)22(14,27)21-20(28-23)12-18(25)13-26-21/h2-10,12-13,19,27H,1,11H2/t19?,22?,23-/m0/s1. The Morgan fingerprint density at radius 3 is 2.57 bits per heavy atom. The molecule has 1 saturated carbocycles. The molecular weight excluding hydrogens is 438 g/mol. The van der Waals surface area contributed by atoms with Crippen molar-refractivity contribution in [2.24, 2.45) is 0 Å². The molecule has 5 rings (SSSR count). The van der Waals surface area contributed by atoms with Crippen LogP contribution in [0.1, 0.15) is 29.2 Å². The monoisotopic (exact) mass is 453 g/mol. The van der Waals surface area contributed by atoms with Gasteiger partial charge in [-0.25, -0.2) is 0 Å². The average Bonchev–Trinajstić information content (AvgIpc) is 3.09. The van der Waals surface area contributed by atoms with Crippen molar-refractivity contribution >= 4 is 27.5 Å². The normalized spacial score (nSPS) is 28.0. The quantitative estimate of drug-likeness (QED) is 0.504. The number of hydrogen-bond donors (Lipinski definition) is 1. The minimum absolute atomic E-state index is 0.125. The fourth-order valence-corrected chi connectivity index (χ4v) is 5.10.